The molecule has 0 fully saturated rings. The zero-order chi connectivity index (χ0) is 35.1. The summed E-state index contributed by atoms with van der Waals surface area (Å²) in [6.45, 7) is 0. The van der Waals surface area contributed by atoms with Crippen LogP contribution in [0.3, 0.4) is 0 Å². The van der Waals surface area contributed by atoms with Crippen LogP contribution in [0, 0.1) is 0 Å². The van der Waals surface area contributed by atoms with Gasteiger partial charge in [0, 0.05) is 17.5 Å². The Hall–Kier alpha value is -4.80. The van der Waals surface area contributed by atoms with Crippen LogP contribution < -0.4 is 19.8 Å². The predicted molar refractivity (Wildman–Crippen MR) is 142 cm³/mol. The lowest BCUT2D eigenvalue weighted by atomic mass is 10.2. The van der Waals surface area contributed by atoms with Crippen LogP contribution >= 0.6 is 0 Å². The first kappa shape index (κ1) is 37.4. The van der Waals surface area contributed by atoms with E-state index in [1.165, 1.54) is 0 Å². The second kappa shape index (κ2) is 14.5. The summed E-state index contributed by atoms with van der Waals surface area (Å²) in [4.78, 5) is 33.8. The van der Waals surface area contributed by atoms with Gasteiger partial charge in [0.1, 0.15) is 36.9 Å². The van der Waals surface area contributed by atoms with Crippen molar-refractivity contribution in [2.75, 3.05) is 10.6 Å². The van der Waals surface area contributed by atoms with Crippen LogP contribution in [-0.4, -0.2) is 58.7 Å². The number of amides is 2. The van der Waals surface area contributed by atoms with Gasteiger partial charge in [0.15, 0.2) is 50.7 Å². The topological polar surface area (TPSA) is 206 Å². The Labute approximate surface area is 255 Å². The van der Waals surface area contributed by atoms with E-state index in [9.17, 15) is 35.9 Å². The van der Waals surface area contributed by atoms with E-state index in [4.69, 9.17) is 25.9 Å². The zero-order valence-corrected chi connectivity index (χ0v) is 24.7. The fraction of sp³-hybridized carbons (Fsp3) is 0.167. The lowest BCUT2D eigenvalue weighted by molar-refractivity contribution is -0.670. The lowest BCUT2D eigenvalue weighted by Gasteiger charge is -2.08. The number of rotatable bonds is 4. The summed E-state index contributed by atoms with van der Waals surface area (Å²) >= 11 is 0. The quantitative estimate of drug-likeness (QED) is 0.137. The SMILES string of the molecule is C[n+]1cccc(NC(=O)c2ccc3ccc(C(=O)Nc4ccc[n+](C)c4)nc3n2)c1.O=S(=O)([O-])C(F)(F)F.O=S(=O)([O-])C(F)(F)F. The lowest BCUT2D eigenvalue weighted by Crippen LogP contribution is -2.27. The van der Waals surface area contributed by atoms with E-state index in [0.717, 1.165) is 5.39 Å². The van der Waals surface area contributed by atoms with Gasteiger partial charge >= 0.3 is 11.0 Å². The van der Waals surface area contributed by atoms with Gasteiger partial charge in [-0.2, -0.15) is 26.3 Å². The molecular weight excluding hydrogens is 678 g/mol. The molecule has 0 unspecified atom stereocenters. The van der Waals surface area contributed by atoms with Crippen molar-refractivity contribution in [3.8, 4) is 0 Å². The van der Waals surface area contributed by atoms with Gasteiger partial charge in [0.2, 0.25) is 0 Å². The summed E-state index contributed by atoms with van der Waals surface area (Å²) in [7, 11) is -8.44. The van der Waals surface area contributed by atoms with Crippen LogP contribution in [0.4, 0.5) is 37.7 Å². The van der Waals surface area contributed by atoms with Gasteiger partial charge in [-0.1, -0.05) is 0 Å². The Bertz CT molecular complexity index is 1820. The molecule has 14 nitrogen and oxygen atoms in total. The minimum atomic E-state index is -6.09. The largest absolute Gasteiger partial charge is 0.741 e. The van der Waals surface area contributed by atoms with Gasteiger partial charge in [-0.05, 0) is 36.4 Å². The molecule has 4 aromatic rings. The molecule has 0 saturated carbocycles. The Morgan fingerprint density at radius 1 is 0.674 bits per heavy atom. The summed E-state index contributed by atoms with van der Waals surface area (Å²) in [5, 5.41) is 6.35. The van der Waals surface area contributed by atoms with Crippen molar-refractivity contribution in [1.82, 2.24) is 9.97 Å². The third kappa shape index (κ3) is 11.3. The number of pyridine rings is 4. The number of alkyl halides is 6. The van der Waals surface area contributed by atoms with Gasteiger partial charge < -0.3 is 19.7 Å². The molecule has 4 heterocycles. The van der Waals surface area contributed by atoms with E-state index in [0.29, 0.717) is 17.0 Å². The van der Waals surface area contributed by atoms with Crippen molar-refractivity contribution in [2.24, 2.45) is 14.1 Å². The Morgan fingerprint density at radius 2 is 1.00 bits per heavy atom. The van der Waals surface area contributed by atoms with Crippen molar-refractivity contribution in [3.05, 3.63) is 84.7 Å². The number of nitrogens with one attached hydrogen (secondary N) is 2. The number of carbonyl (C=O) groups excluding carboxylic acids is 2. The molecule has 4 rings (SSSR count). The summed E-state index contributed by atoms with van der Waals surface area (Å²) < 4.78 is 121. The highest BCUT2D eigenvalue weighted by atomic mass is 32.2. The number of fused-ring (bicyclic) bond motifs is 1. The van der Waals surface area contributed by atoms with E-state index >= 15 is 0 Å². The molecule has 46 heavy (non-hydrogen) atoms. The number of aromatic nitrogens is 4. The maximum absolute atomic E-state index is 12.6. The van der Waals surface area contributed by atoms with Crippen molar-refractivity contribution in [3.63, 3.8) is 0 Å². The van der Waals surface area contributed by atoms with E-state index < -0.39 is 31.3 Å². The zero-order valence-electron chi connectivity index (χ0n) is 23.1. The normalized spacial score (nSPS) is 11.8. The monoisotopic (exact) mass is 698 g/mol. The first-order chi connectivity index (χ1) is 21.0. The Kier molecular flexibility index (Phi) is 11.8. The van der Waals surface area contributed by atoms with Crippen molar-refractivity contribution < 1.29 is 71.0 Å². The van der Waals surface area contributed by atoms with Crippen LogP contribution in [0.2, 0.25) is 0 Å². The third-order valence-electron chi connectivity index (χ3n) is 4.98. The number of anilines is 2. The molecule has 2 N–H and O–H groups in total. The molecule has 0 aliphatic carbocycles. The number of carbonyl (C=O) groups is 2. The highest BCUT2D eigenvalue weighted by molar-refractivity contribution is 7.86. The van der Waals surface area contributed by atoms with Gasteiger partial charge in [0.25, 0.3) is 11.8 Å². The number of halogens is 6. The number of nitrogens with zero attached hydrogens (tertiary/aromatic N) is 4. The molecular formula is C24H20F6N6O8S2. The summed E-state index contributed by atoms with van der Waals surface area (Å²) in [5.41, 5.74) is -9.22. The smallest absolute Gasteiger partial charge is 0.485 e. The molecule has 0 radical (unpaired) electrons. The van der Waals surface area contributed by atoms with E-state index in [1.807, 2.05) is 47.8 Å². The van der Waals surface area contributed by atoms with Crippen LogP contribution in [0.25, 0.3) is 11.0 Å². The molecule has 0 aliphatic rings. The van der Waals surface area contributed by atoms with Crippen LogP contribution in [0.5, 0.6) is 0 Å². The second-order valence-corrected chi connectivity index (χ2v) is 11.4. The first-order valence-electron chi connectivity index (χ1n) is 11.8. The van der Waals surface area contributed by atoms with Crippen LogP contribution in [0.15, 0.2) is 73.3 Å². The number of hydrogen-bond acceptors (Lipinski definition) is 10. The Morgan fingerprint density at radius 3 is 1.28 bits per heavy atom. The minimum absolute atomic E-state index is 0.217. The average molecular weight is 699 g/mol. The standard InChI is InChI=1S/C22H18N6O2.2CHF3O3S/c1-27-11-3-5-16(13-27)23-21(29)18-9-7-15-8-10-19(26-20(15)25-18)22(30)24-17-6-4-12-28(2)14-17;2*2-1(3,4)8(5,6)7/h3-14H,1-2H3;2*(H,5,6,7). The number of hydrogen-bond donors (Lipinski definition) is 2. The summed E-state index contributed by atoms with van der Waals surface area (Å²) in [6, 6.07) is 14.0. The van der Waals surface area contributed by atoms with Crippen LogP contribution in [-0.2, 0) is 34.3 Å². The molecule has 248 valence electrons. The predicted octanol–water partition coefficient (Wildman–Crippen LogP) is 1.89. The molecule has 0 saturated heterocycles. The highest BCUT2D eigenvalue weighted by Gasteiger charge is 2.37. The maximum atomic E-state index is 12.6. The van der Waals surface area contributed by atoms with Gasteiger partial charge in [-0.3, -0.25) is 9.59 Å². The molecule has 0 aromatic carbocycles. The number of aryl methyl sites for hydroxylation is 2. The Balaban J connectivity index is 0.000000381. The van der Waals surface area contributed by atoms with Crippen molar-refractivity contribution in [2.45, 2.75) is 11.0 Å². The third-order valence-corrected chi connectivity index (χ3v) is 6.11. The first-order valence-corrected chi connectivity index (χ1v) is 14.6. The maximum Gasteiger partial charge on any atom is 0.485 e. The van der Waals surface area contributed by atoms with E-state index in [2.05, 4.69) is 20.6 Å². The van der Waals surface area contributed by atoms with E-state index in [-0.39, 0.29) is 23.2 Å². The van der Waals surface area contributed by atoms with Crippen molar-refractivity contribution >= 4 is 54.5 Å². The van der Waals surface area contributed by atoms with Gasteiger partial charge in [-0.25, -0.2) is 35.9 Å². The molecule has 2 amide bonds. The highest BCUT2D eigenvalue weighted by Crippen LogP contribution is 2.21. The molecule has 0 atom stereocenters. The molecule has 0 aliphatic heterocycles. The summed E-state index contributed by atoms with van der Waals surface area (Å²) in [6.07, 6.45) is 7.33. The average Bonchev–Trinajstić information content (AvgIpc) is 2.91. The fourth-order valence-corrected chi connectivity index (χ4v) is 2.97. The van der Waals surface area contributed by atoms with E-state index in [1.54, 1.807) is 48.8 Å². The second-order valence-electron chi connectivity index (χ2n) is 8.66. The van der Waals surface area contributed by atoms with Crippen molar-refractivity contribution in [1.29, 1.82) is 0 Å². The molecule has 0 spiro atoms. The minimum Gasteiger partial charge on any atom is -0.741 e. The molecule has 22 heteroatoms. The van der Waals surface area contributed by atoms with Gasteiger partial charge in [-0.15, -0.1) is 0 Å². The summed E-state index contributed by atoms with van der Waals surface area (Å²) in [5.74, 6) is -0.701. The fourth-order valence-electron chi connectivity index (χ4n) is 2.97. The molecule has 4 aromatic heterocycles. The van der Waals surface area contributed by atoms with Gasteiger partial charge in [0.05, 0.1) is 0 Å². The molecule has 0 bridgehead atoms. The van der Waals surface area contributed by atoms with Crippen LogP contribution in [0.1, 0.15) is 21.0 Å².